The van der Waals surface area contributed by atoms with Crippen LogP contribution in [0.15, 0.2) is 0 Å². The van der Waals surface area contributed by atoms with Crippen LogP contribution in [-0.2, 0) is 0 Å². The van der Waals surface area contributed by atoms with E-state index < -0.39 is 0 Å². The summed E-state index contributed by atoms with van der Waals surface area (Å²) in [6, 6.07) is 2.52. The maximum atomic E-state index is 2.93. The van der Waals surface area contributed by atoms with Gasteiger partial charge in [-0.25, -0.2) is 0 Å². The molecule has 0 aromatic heterocycles. The van der Waals surface area contributed by atoms with Gasteiger partial charge in [-0.1, -0.05) is 20.8 Å². The first-order chi connectivity index (χ1) is 10.2. The third kappa shape index (κ3) is 3.46. The molecule has 3 rings (SSSR count). The lowest BCUT2D eigenvalue weighted by Gasteiger charge is -2.50. The van der Waals surface area contributed by atoms with Gasteiger partial charge in [0.05, 0.1) is 0 Å². The first-order valence-corrected chi connectivity index (χ1v) is 9.41. The minimum Gasteiger partial charge on any atom is -0.303 e. The van der Waals surface area contributed by atoms with Crippen molar-refractivity contribution in [3.8, 4) is 0 Å². The van der Waals surface area contributed by atoms with Crippen LogP contribution in [0.1, 0.15) is 52.9 Å². The second kappa shape index (κ2) is 6.97. The van der Waals surface area contributed by atoms with Crippen molar-refractivity contribution in [3.05, 3.63) is 0 Å². The SMILES string of the molecule is CCCN1CCC(N2CC3CCCN3CC2C(C)C)CC1. The Labute approximate surface area is 131 Å². The highest BCUT2D eigenvalue weighted by molar-refractivity contribution is 4.96. The molecule has 0 aliphatic carbocycles. The monoisotopic (exact) mass is 293 g/mol. The van der Waals surface area contributed by atoms with Crippen molar-refractivity contribution in [1.29, 1.82) is 0 Å². The average molecular weight is 293 g/mol. The number of fused-ring (bicyclic) bond motifs is 1. The van der Waals surface area contributed by atoms with E-state index >= 15 is 0 Å². The normalized spacial score (nSPS) is 33.7. The highest BCUT2D eigenvalue weighted by atomic mass is 15.3. The highest BCUT2D eigenvalue weighted by Crippen LogP contribution is 2.31. The zero-order chi connectivity index (χ0) is 14.8. The van der Waals surface area contributed by atoms with Crippen LogP contribution >= 0.6 is 0 Å². The molecule has 3 aliphatic rings. The molecule has 3 saturated heterocycles. The molecule has 0 N–H and O–H groups in total. The number of hydrogen-bond donors (Lipinski definition) is 0. The van der Waals surface area contributed by atoms with E-state index in [1.54, 1.807) is 0 Å². The summed E-state index contributed by atoms with van der Waals surface area (Å²) < 4.78 is 0. The van der Waals surface area contributed by atoms with Crippen molar-refractivity contribution in [2.75, 3.05) is 39.3 Å². The number of hydrogen-bond acceptors (Lipinski definition) is 3. The van der Waals surface area contributed by atoms with Crippen LogP contribution < -0.4 is 0 Å². The van der Waals surface area contributed by atoms with Crippen molar-refractivity contribution in [3.63, 3.8) is 0 Å². The first kappa shape index (κ1) is 15.8. The Balaban J connectivity index is 1.62. The molecule has 3 nitrogen and oxygen atoms in total. The summed E-state index contributed by atoms with van der Waals surface area (Å²) in [6.07, 6.45) is 6.97. The smallest absolute Gasteiger partial charge is 0.0249 e. The molecule has 3 heterocycles. The average Bonchev–Trinajstić information content (AvgIpc) is 2.94. The van der Waals surface area contributed by atoms with Crippen LogP contribution in [0.2, 0.25) is 0 Å². The molecule has 3 fully saturated rings. The molecule has 122 valence electrons. The van der Waals surface area contributed by atoms with E-state index in [-0.39, 0.29) is 0 Å². The van der Waals surface area contributed by atoms with Gasteiger partial charge in [0, 0.05) is 31.2 Å². The van der Waals surface area contributed by atoms with Crippen molar-refractivity contribution in [2.45, 2.75) is 71.0 Å². The largest absolute Gasteiger partial charge is 0.303 e. The van der Waals surface area contributed by atoms with Crippen LogP contribution in [0.4, 0.5) is 0 Å². The Morgan fingerprint density at radius 1 is 0.952 bits per heavy atom. The summed E-state index contributed by atoms with van der Waals surface area (Å²) in [5.41, 5.74) is 0. The number of piperazine rings is 1. The lowest BCUT2D eigenvalue weighted by molar-refractivity contribution is -0.0182. The van der Waals surface area contributed by atoms with Gasteiger partial charge in [-0.3, -0.25) is 9.80 Å². The van der Waals surface area contributed by atoms with Gasteiger partial charge < -0.3 is 4.90 Å². The summed E-state index contributed by atoms with van der Waals surface area (Å²) in [5.74, 6) is 0.792. The van der Waals surface area contributed by atoms with Gasteiger partial charge in [0.15, 0.2) is 0 Å². The van der Waals surface area contributed by atoms with E-state index in [0.717, 1.165) is 24.0 Å². The molecule has 21 heavy (non-hydrogen) atoms. The molecule has 0 radical (unpaired) electrons. The predicted octanol–water partition coefficient (Wildman–Crippen LogP) is 2.67. The molecule has 0 aromatic carbocycles. The van der Waals surface area contributed by atoms with Crippen molar-refractivity contribution in [1.82, 2.24) is 14.7 Å². The summed E-state index contributed by atoms with van der Waals surface area (Å²) in [5, 5.41) is 0. The lowest BCUT2D eigenvalue weighted by atomic mass is 9.92. The third-order valence-electron chi connectivity index (χ3n) is 6.10. The Bertz CT molecular complexity index is 322. The maximum absolute atomic E-state index is 2.93. The van der Waals surface area contributed by atoms with Crippen molar-refractivity contribution < 1.29 is 0 Å². The predicted molar refractivity (Wildman–Crippen MR) is 89.7 cm³/mol. The molecule has 0 amide bonds. The Morgan fingerprint density at radius 2 is 1.71 bits per heavy atom. The minimum atomic E-state index is 0.792. The molecule has 0 spiro atoms. The fraction of sp³-hybridized carbons (Fsp3) is 1.00. The molecule has 2 unspecified atom stereocenters. The minimum absolute atomic E-state index is 0.792. The van der Waals surface area contributed by atoms with Crippen LogP contribution in [0.25, 0.3) is 0 Å². The van der Waals surface area contributed by atoms with E-state index in [0.29, 0.717) is 0 Å². The molecule has 0 saturated carbocycles. The zero-order valence-electron chi connectivity index (χ0n) is 14.4. The van der Waals surface area contributed by atoms with E-state index in [2.05, 4.69) is 35.5 Å². The van der Waals surface area contributed by atoms with E-state index in [1.807, 2.05) is 0 Å². The number of piperidine rings is 1. The zero-order valence-corrected chi connectivity index (χ0v) is 14.4. The molecule has 3 aliphatic heterocycles. The number of likely N-dealkylation sites (tertiary alicyclic amines) is 1. The van der Waals surface area contributed by atoms with Crippen LogP contribution in [-0.4, -0.2) is 72.1 Å². The topological polar surface area (TPSA) is 9.72 Å². The van der Waals surface area contributed by atoms with Crippen molar-refractivity contribution >= 4 is 0 Å². The summed E-state index contributed by atoms with van der Waals surface area (Å²) in [7, 11) is 0. The van der Waals surface area contributed by atoms with E-state index in [1.165, 1.54) is 71.4 Å². The Hall–Kier alpha value is -0.120. The van der Waals surface area contributed by atoms with Crippen molar-refractivity contribution in [2.24, 2.45) is 5.92 Å². The van der Waals surface area contributed by atoms with E-state index in [9.17, 15) is 0 Å². The number of nitrogens with zero attached hydrogens (tertiary/aromatic N) is 3. The van der Waals surface area contributed by atoms with Gasteiger partial charge in [0.1, 0.15) is 0 Å². The standard InChI is InChI=1S/C18H35N3/c1-4-9-19-11-7-16(8-12-19)21-13-17-6-5-10-20(17)14-18(21)15(2)3/h15-18H,4-14H2,1-3H3. The quantitative estimate of drug-likeness (QED) is 0.789. The first-order valence-electron chi connectivity index (χ1n) is 9.41. The molecule has 0 aromatic rings. The fourth-order valence-corrected chi connectivity index (χ4v) is 4.87. The molecular weight excluding hydrogens is 258 g/mol. The van der Waals surface area contributed by atoms with Crippen LogP contribution in [0, 0.1) is 5.92 Å². The summed E-state index contributed by atoms with van der Waals surface area (Å²) in [4.78, 5) is 8.39. The van der Waals surface area contributed by atoms with Crippen LogP contribution in [0.3, 0.4) is 0 Å². The Kier molecular flexibility index (Phi) is 5.23. The number of rotatable bonds is 4. The summed E-state index contributed by atoms with van der Waals surface area (Å²) in [6.45, 7) is 15.2. The van der Waals surface area contributed by atoms with E-state index in [4.69, 9.17) is 0 Å². The third-order valence-corrected chi connectivity index (χ3v) is 6.10. The van der Waals surface area contributed by atoms with Gasteiger partial charge in [-0.2, -0.15) is 0 Å². The Morgan fingerprint density at radius 3 is 2.38 bits per heavy atom. The van der Waals surface area contributed by atoms with Gasteiger partial charge in [0.25, 0.3) is 0 Å². The fourth-order valence-electron chi connectivity index (χ4n) is 4.87. The lowest BCUT2D eigenvalue weighted by Crippen LogP contribution is -2.62. The van der Waals surface area contributed by atoms with Gasteiger partial charge >= 0.3 is 0 Å². The molecule has 0 bridgehead atoms. The molecular formula is C18H35N3. The molecule has 2 atom stereocenters. The second-order valence-electron chi connectivity index (χ2n) is 7.87. The second-order valence-corrected chi connectivity index (χ2v) is 7.87. The van der Waals surface area contributed by atoms with Gasteiger partial charge in [-0.15, -0.1) is 0 Å². The van der Waals surface area contributed by atoms with Gasteiger partial charge in [-0.05, 0) is 64.2 Å². The van der Waals surface area contributed by atoms with Crippen LogP contribution in [0.5, 0.6) is 0 Å². The highest BCUT2D eigenvalue weighted by Gasteiger charge is 2.40. The summed E-state index contributed by atoms with van der Waals surface area (Å²) >= 11 is 0. The van der Waals surface area contributed by atoms with Gasteiger partial charge in [0.2, 0.25) is 0 Å². The maximum Gasteiger partial charge on any atom is 0.0249 e. The molecule has 3 heteroatoms.